The summed E-state index contributed by atoms with van der Waals surface area (Å²) in [6, 6.07) is 8.59. The highest BCUT2D eigenvalue weighted by molar-refractivity contribution is 5.97. The molecule has 34 heavy (non-hydrogen) atoms. The maximum Gasteiger partial charge on any atom is 0.416 e. The zero-order valence-electron chi connectivity index (χ0n) is 18.2. The normalized spacial score (nSPS) is 10.7. The summed E-state index contributed by atoms with van der Waals surface area (Å²) in [5, 5.41) is 7.03. The van der Waals surface area contributed by atoms with Gasteiger partial charge < -0.3 is 25.4 Å². The number of methoxy groups -OCH3 is 1. The Kier molecular flexibility index (Phi) is 8.99. The van der Waals surface area contributed by atoms with Gasteiger partial charge in [0.1, 0.15) is 12.3 Å². The second-order valence-electron chi connectivity index (χ2n) is 6.95. The molecule has 3 amide bonds. The Bertz CT molecular complexity index is 1050. The highest BCUT2D eigenvalue weighted by Gasteiger charge is 2.30. The maximum absolute atomic E-state index is 12.5. The average molecular weight is 481 g/mol. The molecule has 0 heterocycles. The van der Waals surface area contributed by atoms with E-state index < -0.39 is 55.1 Å². The lowest BCUT2D eigenvalue weighted by Crippen LogP contribution is -2.37. The number of halogens is 3. The van der Waals surface area contributed by atoms with E-state index in [2.05, 4.69) is 16.0 Å². The summed E-state index contributed by atoms with van der Waals surface area (Å²) in [5.41, 5.74) is 0.311. The molecule has 0 radical (unpaired) electrons. The topological polar surface area (TPSA) is 123 Å². The van der Waals surface area contributed by atoms with Crippen LogP contribution in [0.1, 0.15) is 21.5 Å². The Morgan fingerprint density at radius 3 is 2.21 bits per heavy atom. The highest BCUT2D eigenvalue weighted by atomic mass is 19.4. The number of carbonyl (C=O) groups is 4. The molecule has 3 N–H and O–H groups in total. The van der Waals surface area contributed by atoms with Crippen LogP contribution >= 0.6 is 0 Å². The molecule has 0 saturated carbocycles. The van der Waals surface area contributed by atoms with Crippen LogP contribution in [0.4, 0.5) is 18.9 Å². The predicted octanol–water partition coefficient (Wildman–Crippen LogP) is 2.05. The van der Waals surface area contributed by atoms with Gasteiger partial charge in [0.2, 0.25) is 5.91 Å². The number of benzene rings is 2. The van der Waals surface area contributed by atoms with Crippen molar-refractivity contribution in [2.24, 2.45) is 0 Å². The second-order valence-corrected chi connectivity index (χ2v) is 6.95. The summed E-state index contributed by atoms with van der Waals surface area (Å²) in [4.78, 5) is 47.4. The number of esters is 1. The minimum absolute atomic E-state index is 0.0882. The van der Waals surface area contributed by atoms with Gasteiger partial charge in [0.05, 0.1) is 24.9 Å². The van der Waals surface area contributed by atoms with Gasteiger partial charge in [-0.2, -0.15) is 13.2 Å². The Labute approximate surface area is 192 Å². The first-order valence-electron chi connectivity index (χ1n) is 9.82. The van der Waals surface area contributed by atoms with Gasteiger partial charge in [-0.3, -0.25) is 19.2 Å². The van der Waals surface area contributed by atoms with Crippen molar-refractivity contribution in [3.8, 4) is 5.75 Å². The van der Waals surface area contributed by atoms with Gasteiger partial charge in [0, 0.05) is 5.56 Å². The summed E-state index contributed by atoms with van der Waals surface area (Å²) < 4.78 is 47.5. The van der Waals surface area contributed by atoms with E-state index in [4.69, 9.17) is 9.47 Å². The van der Waals surface area contributed by atoms with E-state index in [9.17, 15) is 32.3 Å². The van der Waals surface area contributed by atoms with Gasteiger partial charge in [-0.05, 0) is 48.9 Å². The molecule has 12 heteroatoms. The van der Waals surface area contributed by atoms with Crippen molar-refractivity contribution in [2.45, 2.75) is 13.1 Å². The lowest BCUT2D eigenvalue weighted by Gasteiger charge is -2.11. The van der Waals surface area contributed by atoms with E-state index in [1.54, 1.807) is 18.2 Å². The van der Waals surface area contributed by atoms with Crippen LogP contribution in [0, 0.1) is 6.92 Å². The van der Waals surface area contributed by atoms with Crippen molar-refractivity contribution in [2.75, 3.05) is 32.1 Å². The van der Waals surface area contributed by atoms with Crippen molar-refractivity contribution in [3.63, 3.8) is 0 Å². The molecule has 0 aromatic heterocycles. The maximum atomic E-state index is 12.5. The number of hydrogen-bond donors (Lipinski definition) is 3. The predicted molar refractivity (Wildman–Crippen MR) is 114 cm³/mol. The van der Waals surface area contributed by atoms with Crippen LogP contribution in [0.3, 0.4) is 0 Å². The fourth-order valence-corrected chi connectivity index (χ4v) is 2.61. The zero-order chi connectivity index (χ0) is 25.3. The third-order valence-corrected chi connectivity index (χ3v) is 4.31. The highest BCUT2D eigenvalue weighted by Crippen LogP contribution is 2.29. The van der Waals surface area contributed by atoms with Crippen LogP contribution in [0.2, 0.25) is 0 Å². The van der Waals surface area contributed by atoms with Gasteiger partial charge in [0.15, 0.2) is 6.61 Å². The minimum atomic E-state index is -4.53. The first-order chi connectivity index (χ1) is 16.0. The summed E-state index contributed by atoms with van der Waals surface area (Å²) in [6.07, 6.45) is -4.53. The monoisotopic (exact) mass is 481 g/mol. The first-order valence-corrected chi connectivity index (χ1v) is 9.82. The van der Waals surface area contributed by atoms with E-state index in [1.807, 2.05) is 6.92 Å². The molecule has 0 bridgehead atoms. The lowest BCUT2D eigenvalue weighted by molar-refractivity contribution is -0.147. The van der Waals surface area contributed by atoms with Crippen LogP contribution in [-0.4, -0.2) is 50.5 Å². The molecule has 182 valence electrons. The van der Waals surface area contributed by atoms with Crippen LogP contribution in [0.25, 0.3) is 0 Å². The SMILES string of the molecule is COc1ccc(C)cc1NC(=O)CNC(=O)COC(=O)CNC(=O)c1ccc(C(F)(F)F)cc1. The first kappa shape index (κ1) is 26.2. The Morgan fingerprint density at radius 2 is 1.59 bits per heavy atom. The third kappa shape index (κ3) is 8.11. The number of nitrogens with one attached hydrogen (secondary N) is 3. The molecular formula is C22H22F3N3O6. The largest absolute Gasteiger partial charge is 0.495 e. The number of alkyl halides is 3. The van der Waals surface area contributed by atoms with Crippen LogP contribution in [0.15, 0.2) is 42.5 Å². The number of aryl methyl sites for hydroxylation is 1. The summed E-state index contributed by atoms with van der Waals surface area (Å²) in [6.45, 7) is 0.131. The van der Waals surface area contributed by atoms with Gasteiger partial charge >= 0.3 is 12.1 Å². The van der Waals surface area contributed by atoms with E-state index in [-0.39, 0.29) is 5.56 Å². The number of amides is 3. The number of ether oxygens (including phenoxy) is 2. The van der Waals surface area contributed by atoms with Crippen molar-refractivity contribution < 1.29 is 41.8 Å². The molecule has 0 aliphatic heterocycles. The molecule has 2 aromatic carbocycles. The molecule has 9 nitrogen and oxygen atoms in total. The molecule has 0 atom stereocenters. The quantitative estimate of drug-likeness (QED) is 0.471. The Hall–Kier alpha value is -4.09. The number of rotatable bonds is 9. The van der Waals surface area contributed by atoms with Crippen molar-refractivity contribution >= 4 is 29.4 Å². The van der Waals surface area contributed by atoms with Crippen molar-refractivity contribution in [1.82, 2.24) is 10.6 Å². The molecule has 0 spiro atoms. The molecule has 0 unspecified atom stereocenters. The standard InChI is InChI=1S/C22H22F3N3O6/c1-13-3-8-17(33-2)16(9-13)28-18(29)10-26-19(30)12-34-20(31)11-27-21(32)14-4-6-15(7-5-14)22(23,24)25/h3-9H,10-12H2,1-2H3,(H,26,30)(H,27,32)(H,28,29). The van der Waals surface area contributed by atoms with Crippen molar-refractivity contribution in [3.05, 3.63) is 59.2 Å². The Balaban J connectivity index is 1.70. The third-order valence-electron chi connectivity index (χ3n) is 4.31. The van der Waals surface area contributed by atoms with E-state index >= 15 is 0 Å². The number of hydrogen-bond acceptors (Lipinski definition) is 6. The molecule has 0 saturated heterocycles. The van der Waals surface area contributed by atoms with E-state index in [1.165, 1.54) is 7.11 Å². The molecular weight excluding hydrogens is 459 g/mol. The van der Waals surface area contributed by atoms with Gasteiger partial charge in [0.25, 0.3) is 11.8 Å². The molecule has 0 aliphatic rings. The minimum Gasteiger partial charge on any atom is -0.495 e. The molecule has 0 fully saturated rings. The Morgan fingerprint density at radius 1 is 0.912 bits per heavy atom. The van der Waals surface area contributed by atoms with Gasteiger partial charge in [-0.1, -0.05) is 6.07 Å². The average Bonchev–Trinajstić information content (AvgIpc) is 2.79. The van der Waals surface area contributed by atoms with Gasteiger partial charge in [-0.25, -0.2) is 0 Å². The van der Waals surface area contributed by atoms with Crippen molar-refractivity contribution in [1.29, 1.82) is 0 Å². The van der Waals surface area contributed by atoms with E-state index in [0.717, 1.165) is 29.8 Å². The van der Waals surface area contributed by atoms with E-state index in [0.29, 0.717) is 11.4 Å². The van der Waals surface area contributed by atoms with Crippen LogP contribution < -0.4 is 20.7 Å². The summed E-state index contributed by atoms with van der Waals surface area (Å²) >= 11 is 0. The number of carbonyl (C=O) groups excluding carboxylic acids is 4. The zero-order valence-corrected chi connectivity index (χ0v) is 18.2. The lowest BCUT2D eigenvalue weighted by atomic mass is 10.1. The molecule has 2 rings (SSSR count). The fourth-order valence-electron chi connectivity index (χ4n) is 2.61. The number of anilines is 1. The second kappa shape index (κ2) is 11.7. The van der Waals surface area contributed by atoms with Crippen LogP contribution in [-0.2, 0) is 25.3 Å². The fraction of sp³-hybridized carbons (Fsp3) is 0.273. The summed E-state index contributed by atoms with van der Waals surface area (Å²) in [7, 11) is 1.45. The molecule has 2 aromatic rings. The molecule has 0 aliphatic carbocycles. The van der Waals surface area contributed by atoms with Crippen LogP contribution in [0.5, 0.6) is 5.75 Å². The smallest absolute Gasteiger partial charge is 0.416 e. The summed E-state index contributed by atoms with van der Waals surface area (Å²) in [5.74, 6) is -2.60. The van der Waals surface area contributed by atoms with Gasteiger partial charge in [-0.15, -0.1) is 0 Å².